The first kappa shape index (κ1) is 18.3. The Balaban J connectivity index is 3.65. The zero-order chi connectivity index (χ0) is 14.3. The highest BCUT2D eigenvalue weighted by Crippen LogP contribution is 2.15. The summed E-state index contributed by atoms with van der Waals surface area (Å²) in [7, 11) is 0. The van der Waals surface area contributed by atoms with E-state index in [1.807, 2.05) is 13.8 Å². The Bertz CT molecular complexity index is 203. The Morgan fingerprint density at radius 1 is 0.842 bits per heavy atom. The number of hydrogen-bond donors (Lipinski definition) is 0. The van der Waals surface area contributed by atoms with Crippen LogP contribution in [0.25, 0.3) is 0 Å². The van der Waals surface area contributed by atoms with E-state index in [0.717, 1.165) is 0 Å². The molecule has 19 heavy (non-hydrogen) atoms. The van der Waals surface area contributed by atoms with Gasteiger partial charge in [-0.05, 0) is 32.3 Å². The quantitative estimate of drug-likeness (QED) is 0.317. The van der Waals surface area contributed by atoms with Crippen LogP contribution in [0.15, 0.2) is 12.0 Å². The molecule has 0 aromatic heterocycles. The van der Waals surface area contributed by atoms with Crippen molar-refractivity contribution < 1.29 is 9.47 Å². The lowest BCUT2D eigenvalue weighted by atomic mass is 10.0. The molecule has 0 radical (unpaired) electrons. The normalized spacial score (nSPS) is 12.0. The molecule has 1 unspecified atom stereocenters. The first-order valence-corrected chi connectivity index (χ1v) is 8.21. The lowest BCUT2D eigenvalue weighted by Gasteiger charge is -2.12. The van der Waals surface area contributed by atoms with E-state index in [0.29, 0.717) is 25.1 Å². The predicted molar refractivity (Wildman–Crippen MR) is 83.1 cm³/mol. The van der Waals surface area contributed by atoms with E-state index in [2.05, 4.69) is 19.9 Å². The van der Waals surface area contributed by atoms with E-state index in [1.54, 1.807) is 0 Å². The third-order valence-corrected chi connectivity index (χ3v) is 3.26. The average Bonchev–Trinajstić information content (AvgIpc) is 2.38. The summed E-state index contributed by atoms with van der Waals surface area (Å²) in [5, 5.41) is 0. The molecule has 0 aliphatic heterocycles. The largest absolute Gasteiger partial charge is 0.466 e. The highest BCUT2D eigenvalue weighted by Gasteiger charge is 2.03. The van der Waals surface area contributed by atoms with Crippen molar-refractivity contribution in [2.45, 2.75) is 79.1 Å². The molecule has 0 amide bonds. The molecule has 1 atom stereocenters. The van der Waals surface area contributed by atoms with Crippen molar-refractivity contribution in [3.63, 3.8) is 0 Å². The fourth-order valence-electron chi connectivity index (χ4n) is 2.16. The molecule has 0 heterocycles. The van der Waals surface area contributed by atoms with Crippen LogP contribution >= 0.6 is 0 Å². The van der Waals surface area contributed by atoms with Gasteiger partial charge in [0.25, 0.3) is 5.95 Å². The fraction of sp³-hybridized carbons (Fsp3) is 0.882. The average molecular weight is 270 g/mol. The van der Waals surface area contributed by atoms with Crippen molar-refractivity contribution >= 4 is 0 Å². The summed E-state index contributed by atoms with van der Waals surface area (Å²) in [6, 6.07) is 0. The second-order valence-electron chi connectivity index (χ2n) is 5.24. The number of rotatable bonds is 13. The van der Waals surface area contributed by atoms with Crippen LogP contribution in [0.3, 0.4) is 0 Å². The van der Waals surface area contributed by atoms with Crippen molar-refractivity contribution in [1.82, 2.24) is 0 Å². The minimum atomic E-state index is 0.545. The number of unbranched alkanes of at least 4 members (excludes halogenated alkanes) is 6. The molecule has 0 rings (SSSR count). The van der Waals surface area contributed by atoms with E-state index in [-0.39, 0.29) is 0 Å². The standard InChI is InChI=1S/C17H34O2/c1-5-8-9-10-11-12-13-14-16(4)15-17(18-6-2)19-7-3/h15-16H,5-14H2,1-4H3. The zero-order valence-electron chi connectivity index (χ0n) is 13.5. The first-order valence-electron chi connectivity index (χ1n) is 8.21. The molecule has 0 spiro atoms. The van der Waals surface area contributed by atoms with E-state index in [1.165, 1.54) is 51.4 Å². The molecule has 2 heteroatoms. The maximum absolute atomic E-state index is 5.46. The van der Waals surface area contributed by atoms with Crippen LogP contribution in [-0.4, -0.2) is 13.2 Å². The van der Waals surface area contributed by atoms with Crippen molar-refractivity contribution in [3.8, 4) is 0 Å². The first-order chi connectivity index (χ1) is 9.24. The molecule has 0 fully saturated rings. The van der Waals surface area contributed by atoms with Gasteiger partial charge in [-0.2, -0.15) is 0 Å². The van der Waals surface area contributed by atoms with Gasteiger partial charge in [0, 0.05) is 0 Å². The van der Waals surface area contributed by atoms with Crippen LogP contribution in [0.2, 0.25) is 0 Å². The van der Waals surface area contributed by atoms with Gasteiger partial charge in [-0.1, -0.05) is 58.8 Å². The Morgan fingerprint density at radius 3 is 1.89 bits per heavy atom. The van der Waals surface area contributed by atoms with Gasteiger partial charge in [0.1, 0.15) is 0 Å². The number of allylic oxidation sites excluding steroid dienone is 1. The molecule has 2 nitrogen and oxygen atoms in total. The van der Waals surface area contributed by atoms with Crippen LogP contribution in [0.5, 0.6) is 0 Å². The molecule has 0 saturated carbocycles. The fourth-order valence-corrected chi connectivity index (χ4v) is 2.16. The molecule has 0 aliphatic rings. The monoisotopic (exact) mass is 270 g/mol. The Morgan fingerprint density at radius 2 is 1.37 bits per heavy atom. The molecule has 0 aliphatic carbocycles. The summed E-state index contributed by atoms with van der Waals surface area (Å²) in [5.41, 5.74) is 0. The summed E-state index contributed by atoms with van der Waals surface area (Å²) in [5.74, 6) is 1.25. The lowest BCUT2D eigenvalue weighted by Crippen LogP contribution is -2.01. The third kappa shape index (κ3) is 12.1. The second-order valence-corrected chi connectivity index (χ2v) is 5.24. The van der Waals surface area contributed by atoms with Crippen LogP contribution in [0.1, 0.15) is 79.1 Å². The predicted octanol–water partition coefficient (Wildman–Crippen LogP) is 5.68. The van der Waals surface area contributed by atoms with Crippen LogP contribution in [0.4, 0.5) is 0 Å². The zero-order valence-corrected chi connectivity index (χ0v) is 13.5. The maximum atomic E-state index is 5.46. The van der Waals surface area contributed by atoms with Crippen LogP contribution in [-0.2, 0) is 9.47 Å². The van der Waals surface area contributed by atoms with E-state index >= 15 is 0 Å². The molecule has 114 valence electrons. The molecular weight excluding hydrogens is 236 g/mol. The maximum Gasteiger partial charge on any atom is 0.275 e. The smallest absolute Gasteiger partial charge is 0.275 e. The molecule has 0 aromatic rings. The van der Waals surface area contributed by atoms with Crippen LogP contribution in [0, 0.1) is 5.92 Å². The van der Waals surface area contributed by atoms with Gasteiger partial charge in [-0.15, -0.1) is 0 Å². The summed E-state index contributed by atoms with van der Waals surface area (Å²) in [6.45, 7) is 9.85. The van der Waals surface area contributed by atoms with Gasteiger partial charge in [-0.3, -0.25) is 0 Å². The molecular formula is C17H34O2. The minimum Gasteiger partial charge on any atom is -0.466 e. The van der Waals surface area contributed by atoms with Gasteiger partial charge in [-0.25, -0.2) is 0 Å². The Kier molecular flexibility index (Phi) is 13.3. The molecule has 0 bridgehead atoms. The minimum absolute atomic E-state index is 0.545. The highest BCUT2D eigenvalue weighted by atomic mass is 16.7. The van der Waals surface area contributed by atoms with Crippen LogP contribution < -0.4 is 0 Å². The summed E-state index contributed by atoms with van der Waals surface area (Å²) >= 11 is 0. The Hall–Kier alpha value is -0.660. The highest BCUT2D eigenvalue weighted by molar-refractivity contribution is 4.88. The van der Waals surface area contributed by atoms with Gasteiger partial charge in [0.2, 0.25) is 0 Å². The van der Waals surface area contributed by atoms with Crippen molar-refractivity contribution in [1.29, 1.82) is 0 Å². The van der Waals surface area contributed by atoms with Gasteiger partial charge in [0.15, 0.2) is 0 Å². The topological polar surface area (TPSA) is 18.5 Å². The van der Waals surface area contributed by atoms with Gasteiger partial charge in [0.05, 0.1) is 13.2 Å². The summed E-state index contributed by atoms with van der Waals surface area (Å²) in [6.07, 6.45) is 13.0. The SMILES string of the molecule is CCCCCCCCCC(C)C=C(OCC)OCC. The summed E-state index contributed by atoms with van der Waals surface area (Å²) in [4.78, 5) is 0. The molecule has 0 aromatic carbocycles. The summed E-state index contributed by atoms with van der Waals surface area (Å²) < 4.78 is 10.9. The second kappa shape index (κ2) is 13.8. The van der Waals surface area contributed by atoms with Crippen molar-refractivity contribution in [3.05, 3.63) is 12.0 Å². The van der Waals surface area contributed by atoms with E-state index in [9.17, 15) is 0 Å². The van der Waals surface area contributed by atoms with E-state index in [4.69, 9.17) is 9.47 Å². The number of hydrogen-bond acceptors (Lipinski definition) is 2. The number of ether oxygens (including phenoxy) is 2. The van der Waals surface area contributed by atoms with Crippen molar-refractivity contribution in [2.24, 2.45) is 5.92 Å². The van der Waals surface area contributed by atoms with Gasteiger partial charge >= 0.3 is 0 Å². The molecule has 0 saturated heterocycles. The lowest BCUT2D eigenvalue weighted by molar-refractivity contribution is 0.0441. The molecule has 0 N–H and O–H groups in total. The van der Waals surface area contributed by atoms with Gasteiger partial charge < -0.3 is 9.47 Å². The third-order valence-electron chi connectivity index (χ3n) is 3.26. The van der Waals surface area contributed by atoms with E-state index < -0.39 is 0 Å². The van der Waals surface area contributed by atoms with Crippen molar-refractivity contribution in [2.75, 3.05) is 13.2 Å². The Labute approximate surface area is 120 Å².